The molecule has 6 heteroatoms. The Kier molecular flexibility index (Phi) is 4.45. The number of anilines is 1. The summed E-state index contributed by atoms with van der Waals surface area (Å²) in [7, 11) is 0. The highest BCUT2D eigenvalue weighted by Crippen LogP contribution is 2.20. The minimum atomic E-state index is 0.0662. The van der Waals surface area contributed by atoms with E-state index in [4.69, 9.17) is 10.5 Å². The fourth-order valence-electron chi connectivity index (χ4n) is 3.17. The van der Waals surface area contributed by atoms with Crippen LogP contribution < -0.4 is 5.73 Å². The van der Waals surface area contributed by atoms with Crippen LogP contribution in [0.25, 0.3) is 0 Å². The first kappa shape index (κ1) is 14.4. The number of hydrogen-bond acceptors (Lipinski definition) is 4. The fourth-order valence-corrected chi connectivity index (χ4v) is 3.17. The van der Waals surface area contributed by atoms with E-state index in [1.54, 1.807) is 12.3 Å². The first-order chi connectivity index (χ1) is 10.2. The number of H-pyrrole nitrogens is 1. The van der Waals surface area contributed by atoms with Crippen molar-refractivity contribution in [2.75, 3.05) is 51.7 Å². The molecule has 0 unspecified atom stereocenters. The third-order valence-electron chi connectivity index (χ3n) is 4.46. The van der Waals surface area contributed by atoms with E-state index in [1.165, 1.54) is 0 Å². The molecule has 2 saturated heterocycles. The molecule has 0 spiro atoms. The smallest absolute Gasteiger partial charge is 0.270 e. The molecule has 1 aromatic rings. The molecule has 2 aliphatic heterocycles. The molecule has 21 heavy (non-hydrogen) atoms. The lowest BCUT2D eigenvalue weighted by Crippen LogP contribution is -2.44. The Hall–Kier alpha value is -1.53. The maximum absolute atomic E-state index is 12.3. The lowest BCUT2D eigenvalue weighted by atomic mass is 9.96. The number of morpholine rings is 1. The average Bonchev–Trinajstić information content (AvgIpc) is 2.95. The Morgan fingerprint density at radius 2 is 2.00 bits per heavy atom. The Labute approximate surface area is 125 Å². The van der Waals surface area contributed by atoms with Gasteiger partial charge in [-0.25, -0.2) is 0 Å². The van der Waals surface area contributed by atoms with Crippen LogP contribution in [0.1, 0.15) is 23.3 Å². The van der Waals surface area contributed by atoms with E-state index >= 15 is 0 Å². The summed E-state index contributed by atoms with van der Waals surface area (Å²) in [5.41, 5.74) is 6.86. The molecule has 0 aliphatic carbocycles. The number of rotatable bonds is 3. The summed E-state index contributed by atoms with van der Waals surface area (Å²) in [5.74, 6) is 0.761. The van der Waals surface area contributed by atoms with Gasteiger partial charge in [0, 0.05) is 44.6 Å². The van der Waals surface area contributed by atoms with E-state index in [0.29, 0.717) is 17.3 Å². The molecule has 2 fully saturated rings. The predicted molar refractivity (Wildman–Crippen MR) is 81.1 cm³/mol. The number of piperidine rings is 1. The van der Waals surface area contributed by atoms with Crippen LogP contribution in [0.15, 0.2) is 12.3 Å². The van der Waals surface area contributed by atoms with Crippen LogP contribution in [-0.2, 0) is 4.74 Å². The standard InChI is InChI=1S/C15H24N4O2/c16-13-9-14(17-10-13)15(20)19-3-1-12(2-4-19)11-18-5-7-21-8-6-18/h9-10,12,17H,1-8,11,16H2. The highest BCUT2D eigenvalue weighted by Gasteiger charge is 2.26. The second kappa shape index (κ2) is 6.49. The van der Waals surface area contributed by atoms with Crippen molar-refractivity contribution in [3.05, 3.63) is 18.0 Å². The molecule has 116 valence electrons. The zero-order valence-corrected chi connectivity index (χ0v) is 12.4. The highest BCUT2D eigenvalue weighted by molar-refractivity contribution is 5.93. The number of carbonyl (C=O) groups is 1. The van der Waals surface area contributed by atoms with Crippen molar-refractivity contribution in [1.82, 2.24) is 14.8 Å². The van der Waals surface area contributed by atoms with Gasteiger partial charge in [0.05, 0.1) is 13.2 Å². The third-order valence-corrected chi connectivity index (χ3v) is 4.46. The second-order valence-corrected chi connectivity index (χ2v) is 6.00. The van der Waals surface area contributed by atoms with Gasteiger partial charge in [0.2, 0.25) is 0 Å². The van der Waals surface area contributed by atoms with Crippen LogP contribution in [0.4, 0.5) is 5.69 Å². The van der Waals surface area contributed by atoms with Gasteiger partial charge in [-0.1, -0.05) is 0 Å². The number of likely N-dealkylation sites (tertiary alicyclic amines) is 1. The van der Waals surface area contributed by atoms with Gasteiger partial charge in [0.25, 0.3) is 5.91 Å². The van der Waals surface area contributed by atoms with Gasteiger partial charge in [-0.05, 0) is 24.8 Å². The second-order valence-electron chi connectivity index (χ2n) is 6.00. The van der Waals surface area contributed by atoms with E-state index in [0.717, 1.165) is 58.8 Å². The number of aromatic amines is 1. The minimum absolute atomic E-state index is 0.0662. The predicted octanol–water partition coefficient (Wildman–Crippen LogP) is 0.781. The van der Waals surface area contributed by atoms with Crippen LogP contribution in [0, 0.1) is 5.92 Å². The number of aromatic nitrogens is 1. The Balaban J connectivity index is 1.47. The van der Waals surface area contributed by atoms with Crippen LogP contribution in [-0.4, -0.2) is 66.6 Å². The molecule has 1 aromatic heterocycles. The number of nitrogen functional groups attached to an aromatic ring is 1. The van der Waals surface area contributed by atoms with Crippen molar-refractivity contribution >= 4 is 11.6 Å². The third kappa shape index (κ3) is 3.57. The van der Waals surface area contributed by atoms with Crippen LogP contribution in [0.2, 0.25) is 0 Å². The van der Waals surface area contributed by atoms with Gasteiger partial charge in [-0.3, -0.25) is 9.69 Å². The zero-order valence-electron chi connectivity index (χ0n) is 12.4. The molecule has 2 aliphatic rings. The lowest BCUT2D eigenvalue weighted by Gasteiger charge is -2.35. The number of nitrogens with one attached hydrogen (secondary N) is 1. The van der Waals surface area contributed by atoms with Crippen molar-refractivity contribution < 1.29 is 9.53 Å². The monoisotopic (exact) mass is 292 g/mol. The molecule has 0 aromatic carbocycles. The van der Waals surface area contributed by atoms with Gasteiger partial charge in [0.15, 0.2) is 0 Å². The van der Waals surface area contributed by atoms with E-state index in [2.05, 4.69) is 9.88 Å². The first-order valence-corrected chi connectivity index (χ1v) is 7.75. The highest BCUT2D eigenvalue weighted by atomic mass is 16.5. The summed E-state index contributed by atoms with van der Waals surface area (Å²) in [6, 6.07) is 1.71. The van der Waals surface area contributed by atoms with Crippen molar-refractivity contribution in [1.29, 1.82) is 0 Å². The van der Waals surface area contributed by atoms with Gasteiger partial charge in [-0.15, -0.1) is 0 Å². The van der Waals surface area contributed by atoms with E-state index in [-0.39, 0.29) is 5.91 Å². The summed E-state index contributed by atoms with van der Waals surface area (Å²) >= 11 is 0. The van der Waals surface area contributed by atoms with E-state index in [9.17, 15) is 4.79 Å². The molecule has 0 bridgehead atoms. The van der Waals surface area contributed by atoms with Crippen molar-refractivity contribution in [3.8, 4) is 0 Å². The molecule has 0 saturated carbocycles. The number of amides is 1. The SMILES string of the molecule is Nc1c[nH]c(C(=O)N2CCC(CN3CCOCC3)CC2)c1. The number of nitrogens with two attached hydrogens (primary N) is 1. The Bertz CT molecular complexity index is 474. The molecule has 0 atom stereocenters. The summed E-state index contributed by atoms with van der Waals surface area (Å²) in [6.07, 6.45) is 3.83. The quantitative estimate of drug-likeness (QED) is 0.863. The van der Waals surface area contributed by atoms with E-state index < -0.39 is 0 Å². The molecule has 3 rings (SSSR count). The number of hydrogen-bond donors (Lipinski definition) is 2. The molecule has 3 N–H and O–H groups in total. The van der Waals surface area contributed by atoms with Gasteiger partial charge >= 0.3 is 0 Å². The Morgan fingerprint density at radius 3 is 2.62 bits per heavy atom. The van der Waals surface area contributed by atoms with E-state index in [1.807, 2.05) is 4.90 Å². The largest absolute Gasteiger partial charge is 0.397 e. The average molecular weight is 292 g/mol. The summed E-state index contributed by atoms with van der Waals surface area (Å²) in [6.45, 7) is 6.61. The normalized spacial score (nSPS) is 21.6. The Morgan fingerprint density at radius 1 is 1.29 bits per heavy atom. The van der Waals surface area contributed by atoms with Gasteiger partial charge in [-0.2, -0.15) is 0 Å². The molecular formula is C15H24N4O2. The fraction of sp³-hybridized carbons (Fsp3) is 0.667. The first-order valence-electron chi connectivity index (χ1n) is 7.75. The zero-order chi connectivity index (χ0) is 14.7. The molecule has 1 amide bonds. The van der Waals surface area contributed by atoms with Crippen molar-refractivity contribution in [2.45, 2.75) is 12.8 Å². The molecular weight excluding hydrogens is 268 g/mol. The molecule has 6 nitrogen and oxygen atoms in total. The van der Waals surface area contributed by atoms with Crippen LogP contribution in [0.5, 0.6) is 0 Å². The maximum atomic E-state index is 12.3. The van der Waals surface area contributed by atoms with Crippen LogP contribution >= 0.6 is 0 Å². The lowest BCUT2D eigenvalue weighted by molar-refractivity contribution is 0.0242. The number of nitrogens with zero attached hydrogens (tertiary/aromatic N) is 2. The van der Waals surface area contributed by atoms with Crippen molar-refractivity contribution in [2.24, 2.45) is 5.92 Å². The summed E-state index contributed by atoms with van der Waals surface area (Å²) in [5, 5.41) is 0. The maximum Gasteiger partial charge on any atom is 0.270 e. The molecule has 3 heterocycles. The topological polar surface area (TPSA) is 74.6 Å². The number of carbonyl (C=O) groups excluding carboxylic acids is 1. The van der Waals surface area contributed by atoms with Crippen LogP contribution in [0.3, 0.4) is 0 Å². The minimum Gasteiger partial charge on any atom is -0.397 e. The van der Waals surface area contributed by atoms with Gasteiger partial charge in [0.1, 0.15) is 5.69 Å². The summed E-state index contributed by atoms with van der Waals surface area (Å²) in [4.78, 5) is 19.7. The van der Waals surface area contributed by atoms with Gasteiger partial charge < -0.3 is 20.4 Å². The summed E-state index contributed by atoms with van der Waals surface area (Å²) < 4.78 is 5.38. The van der Waals surface area contributed by atoms with Crippen molar-refractivity contribution in [3.63, 3.8) is 0 Å². The number of ether oxygens (including phenoxy) is 1. The molecule has 0 radical (unpaired) electrons.